The van der Waals surface area contributed by atoms with Crippen molar-refractivity contribution < 1.29 is 9.90 Å². The lowest BCUT2D eigenvalue weighted by Gasteiger charge is -2.39. The van der Waals surface area contributed by atoms with Crippen molar-refractivity contribution in [3.63, 3.8) is 0 Å². The summed E-state index contributed by atoms with van der Waals surface area (Å²) < 4.78 is 1.78. The van der Waals surface area contributed by atoms with Crippen molar-refractivity contribution in [1.82, 2.24) is 25.1 Å². The van der Waals surface area contributed by atoms with E-state index in [2.05, 4.69) is 20.4 Å². The van der Waals surface area contributed by atoms with Crippen molar-refractivity contribution in [3.8, 4) is 0 Å². The molecule has 134 valence electrons. The van der Waals surface area contributed by atoms with E-state index in [1.165, 1.54) is 0 Å². The van der Waals surface area contributed by atoms with Crippen molar-refractivity contribution in [2.75, 3.05) is 24.5 Å². The summed E-state index contributed by atoms with van der Waals surface area (Å²) in [4.78, 5) is 22.7. The lowest BCUT2D eigenvalue weighted by atomic mass is 9.93. The van der Waals surface area contributed by atoms with Gasteiger partial charge in [0.1, 0.15) is 5.69 Å². The number of carbonyl (C=O) groups excluding carboxylic acids is 1. The summed E-state index contributed by atoms with van der Waals surface area (Å²) in [6.07, 6.45) is 4.81. The van der Waals surface area contributed by atoms with Crippen LogP contribution in [0.1, 0.15) is 35.9 Å². The predicted molar refractivity (Wildman–Crippen MR) is 93.4 cm³/mol. The Bertz CT molecular complexity index is 732. The van der Waals surface area contributed by atoms with Crippen LogP contribution in [-0.4, -0.2) is 56.0 Å². The Labute approximate surface area is 146 Å². The van der Waals surface area contributed by atoms with Gasteiger partial charge in [-0.2, -0.15) is 5.10 Å². The van der Waals surface area contributed by atoms with Crippen molar-refractivity contribution in [2.45, 2.75) is 38.8 Å². The monoisotopic (exact) mass is 344 g/mol. The molecular weight excluding hydrogens is 320 g/mol. The molecule has 0 spiro atoms. The van der Waals surface area contributed by atoms with Gasteiger partial charge in [0.15, 0.2) is 0 Å². The Morgan fingerprint density at radius 2 is 2.16 bits per heavy atom. The number of β-amino-alcohol motifs (C(OH)–C–C–N with tert-alkyl or cyclic N) is 1. The summed E-state index contributed by atoms with van der Waals surface area (Å²) in [5.41, 5.74) is 0.314. The highest BCUT2D eigenvalue weighted by Crippen LogP contribution is 2.23. The lowest BCUT2D eigenvalue weighted by molar-refractivity contribution is 0.0251. The molecule has 25 heavy (non-hydrogen) atoms. The first-order valence-corrected chi connectivity index (χ1v) is 8.58. The zero-order valence-electron chi connectivity index (χ0n) is 14.6. The average Bonchev–Trinajstić information content (AvgIpc) is 3.01. The van der Waals surface area contributed by atoms with E-state index in [1.54, 1.807) is 29.2 Å². The molecule has 8 nitrogen and oxygen atoms in total. The minimum absolute atomic E-state index is 0.174. The van der Waals surface area contributed by atoms with Crippen molar-refractivity contribution >= 4 is 11.9 Å². The minimum atomic E-state index is -1.00. The molecule has 1 saturated heterocycles. The molecule has 8 heteroatoms. The van der Waals surface area contributed by atoms with E-state index in [0.717, 1.165) is 25.2 Å². The molecule has 3 rings (SSSR count). The molecular formula is C17H24N6O2. The van der Waals surface area contributed by atoms with Gasteiger partial charge in [-0.25, -0.2) is 9.97 Å². The van der Waals surface area contributed by atoms with Gasteiger partial charge in [0.25, 0.3) is 5.91 Å². The van der Waals surface area contributed by atoms with Crippen LogP contribution < -0.4 is 10.2 Å². The maximum absolute atomic E-state index is 12.3. The zero-order chi connectivity index (χ0) is 17.9. The van der Waals surface area contributed by atoms with Crippen LogP contribution in [0.25, 0.3) is 0 Å². The van der Waals surface area contributed by atoms with Crippen molar-refractivity contribution in [3.05, 3.63) is 35.9 Å². The molecule has 1 amide bonds. The second kappa shape index (κ2) is 7.18. The van der Waals surface area contributed by atoms with Crippen LogP contribution in [0.15, 0.2) is 24.5 Å². The summed E-state index contributed by atoms with van der Waals surface area (Å²) in [6, 6.07) is 3.52. The van der Waals surface area contributed by atoms with E-state index in [0.29, 0.717) is 24.6 Å². The maximum atomic E-state index is 12.3. The Morgan fingerprint density at radius 3 is 2.84 bits per heavy atom. The van der Waals surface area contributed by atoms with Crippen molar-refractivity contribution in [2.24, 2.45) is 0 Å². The number of piperidine rings is 1. The summed E-state index contributed by atoms with van der Waals surface area (Å²) in [6.45, 7) is 5.97. The van der Waals surface area contributed by atoms with Gasteiger partial charge in [-0.05, 0) is 38.8 Å². The molecule has 2 aromatic rings. The first-order chi connectivity index (χ1) is 12.0. The van der Waals surface area contributed by atoms with Crippen LogP contribution in [0.4, 0.5) is 5.95 Å². The van der Waals surface area contributed by atoms with Gasteiger partial charge in [0.05, 0.1) is 12.1 Å². The summed E-state index contributed by atoms with van der Waals surface area (Å²) in [5.74, 6) is 0.334. The molecule has 0 saturated carbocycles. The van der Waals surface area contributed by atoms with Gasteiger partial charge in [0.2, 0.25) is 5.95 Å². The summed E-state index contributed by atoms with van der Waals surface area (Å²) >= 11 is 0. The SMILES string of the molecule is CCn1nc(C(=O)NC[C@]2(O)CCCN(c3ncccn3)C2)cc1C. The Hall–Kier alpha value is -2.48. The number of amides is 1. The van der Waals surface area contributed by atoms with Crippen LogP contribution in [0.3, 0.4) is 0 Å². The van der Waals surface area contributed by atoms with Crippen LogP contribution in [0.5, 0.6) is 0 Å². The highest BCUT2D eigenvalue weighted by atomic mass is 16.3. The molecule has 1 atom stereocenters. The number of anilines is 1. The van der Waals surface area contributed by atoms with E-state index in [9.17, 15) is 9.90 Å². The molecule has 0 aromatic carbocycles. The fourth-order valence-electron chi connectivity index (χ4n) is 3.16. The number of nitrogens with zero attached hydrogens (tertiary/aromatic N) is 5. The third kappa shape index (κ3) is 3.96. The predicted octanol–water partition coefficient (Wildman–Crippen LogP) is 0.763. The Kier molecular flexibility index (Phi) is 4.98. The van der Waals surface area contributed by atoms with Crippen LogP contribution >= 0.6 is 0 Å². The van der Waals surface area contributed by atoms with Gasteiger partial charge in [0, 0.05) is 37.7 Å². The third-order valence-corrected chi connectivity index (χ3v) is 4.48. The highest BCUT2D eigenvalue weighted by Gasteiger charge is 2.34. The average molecular weight is 344 g/mol. The van der Waals surface area contributed by atoms with Crippen LogP contribution in [-0.2, 0) is 6.54 Å². The second-order valence-corrected chi connectivity index (χ2v) is 6.47. The number of hydrogen-bond acceptors (Lipinski definition) is 6. The number of aromatic nitrogens is 4. The quantitative estimate of drug-likeness (QED) is 0.831. The van der Waals surface area contributed by atoms with Gasteiger partial charge in [-0.3, -0.25) is 9.48 Å². The molecule has 1 aliphatic rings. The summed E-state index contributed by atoms with van der Waals surface area (Å²) in [5, 5.41) is 18.0. The molecule has 0 unspecified atom stereocenters. The fourth-order valence-corrected chi connectivity index (χ4v) is 3.16. The molecule has 1 aliphatic heterocycles. The first kappa shape index (κ1) is 17.3. The van der Waals surface area contributed by atoms with Gasteiger partial charge in [-0.15, -0.1) is 0 Å². The smallest absolute Gasteiger partial charge is 0.271 e. The first-order valence-electron chi connectivity index (χ1n) is 8.58. The number of carbonyl (C=O) groups is 1. The van der Waals surface area contributed by atoms with E-state index in [-0.39, 0.29) is 12.5 Å². The Morgan fingerprint density at radius 1 is 1.40 bits per heavy atom. The number of hydrogen-bond donors (Lipinski definition) is 2. The molecule has 1 fully saturated rings. The van der Waals surface area contributed by atoms with Crippen LogP contribution in [0, 0.1) is 6.92 Å². The minimum Gasteiger partial charge on any atom is -0.386 e. The molecule has 2 N–H and O–H groups in total. The second-order valence-electron chi connectivity index (χ2n) is 6.47. The molecule has 0 radical (unpaired) electrons. The number of aryl methyl sites for hydroxylation is 2. The molecule has 0 bridgehead atoms. The van der Waals surface area contributed by atoms with E-state index < -0.39 is 5.60 Å². The van der Waals surface area contributed by atoms with Gasteiger partial charge in [-0.1, -0.05) is 0 Å². The van der Waals surface area contributed by atoms with E-state index >= 15 is 0 Å². The highest BCUT2D eigenvalue weighted by molar-refractivity contribution is 5.92. The maximum Gasteiger partial charge on any atom is 0.271 e. The van der Waals surface area contributed by atoms with Crippen LogP contribution in [0.2, 0.25) is 0 Å². The van der Waals surface area contributed by atoms with E-state index in [4.69, 9.17) is 0 Å². The number of aliphatic hydroxyl groups is 1. The molecule has 3 heterocycles. The zero-order valence-corrected chi connectivity index (χ0v) is 14.6. The van der Waals surface area contributed by atoms with Gasteiger partial charge < -0.3 is 15.3 Å². The fraction of sp³-hybridized carbons (Fsp3) is 0.529. The van der Waals surface area contributed by atoms with Crippen molar-refractivity contribution in [1.29, 1.82) is 0 Å². The Balaban J connectivity index is 1.62. The molecule has 2 aromatic heterocycles. The number of nitrogens with one attached hydrogen (secondary N) is 1. The number of rotatable bonds is 5. The topological polar surface area (TPSA) is 96.2 Å². The summed E-state index contributed by atoms with van der Waals surface area (Å²) in [7, 11) is 0. The third-order valence-electron chi connectivity index (χ3n) is 4.48. The molecule has 0 aliphatic carbocycles. The lowest BCUT2D eigenvalue weighted by Crippen LogP contribution is -2.54. The van der Waals surface area contributed by atoms with E-state index in [1.807, 2.05) is 18.7 Å². The largest absolute Gasteiger partial charge is 0.386 e. The van der Waals surface area contributed by atoms with Gasteiger partial charge >= 0.3 is 0 Å². The normalized spacial score (nSPS) is 20.5. The standard InChI is InChI=1S/C17H24N6O2/c1-3-23-13(2)10-14(21-23)15(24)20-11-17(25)6-4-9-22(12-17)16-18-7-5-8-19-16/h5,7-8,10,25H,3-4,6,9,11-12H2,1-2H3,(H,20,24)/t17-/m1/s1.